The number of imide groups is 1. The van der Waals surface area contributed by atoms with E-state index >= 15 is 4.39 Å². The van der Waals surface area contributed by atoms with Gasteiger partial charge in [-0.1, -0.05) is 36.4 Å². The third-order valence-corrected chi connectivity index (χ3v) is 11.6. The van der Waals surface area contributed by atoms with Gasteiger partial charge >= 0.3 is 0 Å². The molecule has 5 heterocycles. The Bertz CT molecular complexity index is 2220. The van der Waals surface area contributed by atoms with Crippen LogP contribution in [0, 0.1) is 34.4 Å². The van der Waals surface area contributed by atoms with Gasteiger partial charge in [-0.05, 0) is 87.2 Å². The van der Waals surface area contributed by atoms with Crippen LogP contribution in [0.3, 0.4) is 0 Å². The van der Waals surface area contributed by atoms with Crippen LogP contribution in [0.1, 0.15) is 37.7 Å². The summed E-state index contributed by atoms with van der Waals surface area (Å²) < 4.78 is 16.6. The summed E-state index contributed by atoms with van der Waals surface area (Å²) in [6.07, 6.45) is 16.6. The number of aromatic nitrogens is 2. The number of amides is 2. The van der Waals surface area contributed by atoms with Gasteiger partial charge in [0.1, 0.15) is 11.9 Å². The number of carbonyl (C=O) groups excluding carboxylic acids is 2. The number of anilines is 2. The van der Waals surface area contributed by atoms with Gasteiger partial charge in [-0.3, -0.25) is 29.5 Å². The highest BCUT2D eigenvalue weighted by atomic mass is 19.1. The Hall–Kier alpha value is -5.91. The number of nitrogens with one attached hydrogen (secondary N) is 2. The monoisotopic (exact) mass is 771 g/mol. The number of likely N-dealkylation sites (tertiary alicyclic amines) is 1. The van der Waals surface area contributed by atoms with Crippen LogP contribution in [0.25, 0.3) is 11.3 Å². The highest BCUT2D eigenvalue weighted by molar-refractivity contribution is 6.01. The molecule has 2 amide bonds. The molecule has 0 spiro atoms. The number of benzene rings is 2. The van der Waals surface area contributed by atoms with Crippen LogP contribution in [0.4, 0.5) is 15.8 Å². The second-order valence-electron chi connectivity index (χ2n) is 15.6. The van der Waals surface area contributed by atoms with E-state index in [0.29, 0.717) is 53.9 Å². The van der Waals surface area contributed by atoms with Crippen molar-refractivity contribution in [2.75, 3.05) is 49.5 Å². The molecule has 2 aromatic carbocycles. The number of rotatable bonds is 12. The molecule has 8 rings (SSSR count). The van der Waals surface area contributed by atoms with E-state index in [-0.39, 0.29) is 36.2 Å². The second-order valence-corrected chi connectivity index (χ2v) is 15.6. The Morgan fingerprint density at radius 1 is 1.00 bits per heavy atom. The van der Waals surface area contributed by atoms with Crippen LogP contribution in [-0.4, -0.2) is 89.3 Å². The standard InChI is InChI=1S/C43H46FN9O4/c44-35-23-34(47-37-9-12-39(54)48-41(37)56)8-11-38(35)51-26-32(27-51)25-50-20-14-30(15-21-50)28-57-53-19-5-18-46-42(53)43(16-2-1-3-17-43)29-52-40(55)13-10-36(49-52)33-7-4-6-31(22-33)24-45/h1-8,10-11,13,16,18-19,22-23,30,32,37,42,47H,9,12,14-15,17,20-21,25-29H2,(H,48,54,56). The summed E-state index contributed by atoms with van der Waals surface area (Å²) in [5, 5.41) is 21.4. The average Bonchev–Trinajstić information content (AvgIpc) is 3.21. The van der Waals surface area contributed by atoms with Gasteiger partial charge in [0, 0.05) is 61.7 Å². The number of halogens is 1. The van der Waals surface area contributed by atoms with Gasteiger partial charge in [-0.15, -0.1) is 0 Å². The number of hydroxylamine groups is 2. The summed E-state index contributed by atoms with van der Waals surface area (Å²) in [5.41, 5.74) is 2.15. The van der Waals surface area contributed by atoms with Crippen molar-refractivity contribution >= 4 is 29.4 Å². The van der Waals surface area contributed by atoms with Gasteiger partial charge < -0.3 is 15.1 Å². The van der Waals surface area contributed by atoms with Gasteiger partial charge in [0.05, 0.1) is 41.6 Å². The predicted octanol–water partition coefficient (Wildman–Crippen LogP) is 4.65. The first-order chi connectivity index (χ1) is 27.7. The van der Waals surface area contributed by atoms with E-state index in [4.69, 9.17) is 14.9 Å². The summed E-state index contributed by atoms with van der Waals surface area (Å²) in [4.78, 5) is 52.7. The summed E-state index contributed by atoms with van der Waals surface area (Å²) in [6.45, 7) is 5.31. The van der Waals surface area contributed by atoms with Crippen LogP contribution in [0.5, 0.6) is 0 Å². The number of carbonyl (C=O) groups is 2. The third-order valence-electron chi connectivity index (χ3n) is 11.6. The number of aliphatic imine (C=N–C) groups is 1. The zero-order chi connectivity index (χ0) is 39.4. The molecule has 5 aliphatic rings. The maximum atomic E-state index is 15.1. The van der Waals surface area contributed by atoms with Crippen molar-refractivity contribution < 1.29 is 18.8 Å². The fraction of sp³-hybridized carbons (Fsp3) is 0.395. The van der Waals surface area contributed by atoms with Gasteiger partial charge in [0.25, 0.3) is 5.56 Å². The molecule has 2 N–H and O–H groups in total. The van der Waals surface area contributed by atoms with Crippen molar-refractivity contribution in [3.05, 3.63) is 113 Å². The Morgan fingerprint density at radius 2 is 1.86 bits per heavy atom. The molecule has 57 heavy (non-hydrogen) atoms. The second kappa shape index (κ2) is 16.7. The molecule has 14 heteroatoms. The van der Waals surface area contributed by atoms with Crippen molar-refractivity contribution in [1.82, 2.24) is 25.1 Å². The Labute approximate surface area is 330 Å². The van der Waals surface area contributed by atoms with Gasteiger partial charge in [0.15, 0.2) is 6.17 Å². The normalized spacial score (nSPS) is 24.0. The van der Waals surface area contributed by atoms with E-state index in [2.05, 4.69) is 38.7 Å². The topological polar surface area (TPSA) is 148 Å². The maximum Gasteiger partial charge on any atom is 0.266 e. The quantitative estimate of drug-likeness (QED) is 0.250. The van der Waals surface area contributed by atoms with Gasteiger partial charge in [0.2, 0.25) is 11.8 Å². The number of hydrogen-bond acceptors (Lipinski definition) is 11. The molecule has 1 aliphatic carbocycles. The Balaban J connectivity index is 0.827. The molecule has 13 nitrogen and oxygen atoms in total. The number of nitrogens with zero attached hydrogens (tertiary/aromatic N) is 7. The Morgan fingerprint density at radius 3 is 2.63 bits per heavy atom. The molecule has 4 aliphatic heterocycles. The van der Waals surface area contributed by atoms with E-state index < -0.39 is 17.6 Å². The molecule has 1 aromatic heterocycles. The minimum absolute atomic E-state index is 0.218. The Kier molecular flexibility index (Phi) is 11.1. The maximum absolute atomic E-state index is 15.1. The van der Waals surface area contributed by atoms with Crippen molar-refractivity contribution in [3.8, 4) is 17.3 Å². The summed E-state index contributed by atoms with van der Waals surface area (Å²) in [6, 6.07) is 17.0. The minimum Gasteiger partial charge on any atom is -0.374 e. The van der Waals surface area contributed by atoms with Crippen LogP contribution in [-0.2, 0) is 21.0 Å². The van der Waals surface area contributed by atoms with E-state index in [0.717, 1.165) is 51.1 Å². The van der Waals surface area contributed by atoms with Crippen molar-refractivity contribution in [2.24, 2.45) is 22.2 Å². The molecule has 3 saturated heterocycles. The average molecular weight is 772 g/mol. The molecule has 3 atom stereocenters. The number of hydrogen-bond donors (Lipinski definition) is 2. The highest BCUT2D eigenvalue weighted by Gasteiger charge is 2.42. The first-order valence-electron chi connectivity index (χ1n) is 19.7. The molecule has 3 unspecified atom stereocenters. The summed E-state index contributed by atoms with van der Waals surface area (Å²) >= 11 is 0. The molecule has 0 saturated carbocycles. The molecule has 294 valence electrons. The smallest absolute Gasteiger partial charge is 0.266 e. The first-order valence-corrected chi connectivity index (χ1v) is 19.7. The lowest BCUT2D eigenvalue weighted by Crippen LogP contribution is -2.53. The third kappa shape index (κ3) is 8.60. The number of nitriles is 1. The van der Waals surface area contributed by atoms with Crippen LogP contribution < -0.4 is 21.1 Å². The molecular formula is C43H46FN9O4. The van der Waals surface area contributed by atoms with Gasteiger partial charge in [-0.25, -0.2) is 14.1 Å². The summed E-state index contributed by atoms with van der Waals surface area (Å²) in [7, 11) is 0. The van der Waals surface area contributed by atoms with E-state index in [1.165, 1.54) is 16.8 Å². The molecule has 3 fully saturated rings. The number of allylic oxidation sites excluding steroid dienone is 4. The summed E-state index contributed by atoms with van der Waals surface area (Å²) in [5.74, 6) is -0.162. The lowest BCUT2D eigenvalue weighted by Gasteiger charge is -2.45. The predicted molar refractivity (Wildman–Crippen MR) is 214 cm³/mol. The van der Waals surface area contributed by atoms with Crippen molar-refractivity contribution in [3.63, 3.8) is 0 Å². The SMILES string of the molecule is N#Cc1cccc(-c2ccc(=O)n(CC3(C4N=CC=CN4OCC4CCN(CC5CN(c6ccc(NC7CCC(=O)NC7=O)cc6F)C5)CC4)C=CC=CC3)n2)c1. The van der Waals surface area contributed by atoms with Crippen LogP contribution in [0.15, 0.2) is 101 Å². The van der Waals surface area contributed by atoms with Gasteiger partial charge in [-0.2, -0.15) is 10.4 Å². The van der Waals surface area contributed by atoms with E-state index in [9.17, 15) is 19.6 Å². The molecular weight excluding hydrogens is 726 g/mol. The lowest BCUT2D eigenvalue weighted by molar-refractivity contribution is -0.183. The zero-order valence-corrected chi connectivity index (χ0v) is 31.7. The number of piperidine rings is 2. The minimum atomic E-state index is -0.613. The van der Waals surface area contributed by atoms with E-state index in [1.54, 1.807) is 36.5 Å². The van der Waals surface area contributed by atoms with E-state index in [1.807, 2.05) is 41.6 Å². The van der Waals surface area contributed by atoms with Crippen molar-refractivity contribution in [2.45, 2.75) is 50.9 Å². The fourth-order valence-corrected chi connectivity index (χ4v) is 8.39. The zero-order valence-electron chi connectivity index (χ0n) is 31.7. The molecule has 0 bridgehead atoms. The van der Waals surface area contributed by atoms with Crippen molar-refractivity contribution in [1.29, 1.82) is 5.26 Å². The molecule has 0 radical (unpaired) electrons. The fourth-order valence-electron chi connectivity index (χ4n) is 8.39. The lowest BCUT2D eigenvalue weighted by atomic mass is 9.78. The van der Waals surface area contributed by atoms with Crippen LogP contribution >= 0.6 is 0 Å². The first kappa shape index (κ1) is 38.0. The largest absolute Gasteiger partial charge is 0.374 e. The van der Waals surface area contributed by atoms with Crippen LogP contribution in [0.2, 0.25) is 0 Å². The highest BCUT2D eigenvalue weighted by Crippen LogP contribution is 2.39. The molecule has 3 aromatic rings.